The number of nitrogens with zero attached hydrogens (tertiary/aromatic N) is 2. The van der Waals surface area contributed by atoms with Crippen LogP contribution in [0.25, 0.3) is 5.69 Å². The third-order valence-corrected chi connectivity index (χ3v) is 3.28. The molecule has 1 saturated carbocycles. The molecular formula is C12H12ClN3O. The molecule has 1 aliphatic carbocycles. The molecule has 4 nitrogen and oxygen atoms in total. The Labute approximate surface area is 103 Å². The highest BCUT2D eigenvalue weighted by molar-refractivity contribution is 6.30. The van der Waals surface area contributed by atoms with Gasteiger partial charge >= 0.3 is 5.69 Å². The third kappa shape index (κ3) is 1.78. The third-order valence-electron chi connectivity index (χ3n) is 3.04. The zero-order chi connectivity index (χ0) is 12.0. The number of aromatic amines is 1. The second-order valence-electron chi connectivity index (χ2n) is 4.43. The fourth-order valence-electron chi connectivity index (χ4n) is 2.03. The number of rotatable bonds is 2. The predicted molar refractivity (Wildman–Crippen MR) is 65.9 cm³/mol. The monoisotopic (exact) mass is 249 g/mol. The van der Waals surface area contributed by atoms with Crippen LogP contribution in [0.5, 0.6) is 0 Å². The summed E-state index contributed by atoms with van der Waals surface area (Å²) >= 11 is 5.92. The average Bonchev–Trinajstić information content (AvgIpc) is 3.04. The first-order valence-corrected chi connectivity index (χ1v) is 5.98. The fourth-order valence-corrected chi connectivity index (χ4v) is 2.25. The van der Waals surface area contributed by atoms with Gasteiger partial charge in [0.05, 0.1) is 5.69 Å². The molecule has 17 heavy (non-hydrogen) atoms. The molecule has 5 heteroatoms. The Bertz CT molecular complexity index is 625. The van der Waals surface area contributed by atoms with E-state index in [1.54, 1.807) is 10.6 Å². The van der Waals surface area contributed by atoms with Gasteiger partial charge in [0, 0.05) is 10.9 Å². The van der Waals surface area contributed by atoms with Gasteiger partial charge < -0.3 is 0 Å². The highest BCUT2D eigenvalue weighted by Gasteiger charge is 2.30. The topological polar surface area (TPSA) is 50.7 Å². The summed E-state index contributed by atoms with van der Waals surface area (Å²) in [6.07, 6.45) is 2.22. The van der Waals surface area contributed by atoms with Crippen LogP contribution in [0.2, 0.25) is 5.02 Å². The lowest BCUT2D eigenvalue weighted by Gasteiger charge is -2.08. The highest BCUT2D eigenvalue weighted by atomic mass is 35.5. The van der Waals surface area contributed by atoms with E-state index in [4.69, 9.17) is 11.6 Å². The van der Waals surface area contributed by atoms with E-state index in [-0.39, 0.29) is 5.69 Å². The zero-order valence-electron chi connectivity index (χ0n) is 9.40. The maximum Gasteiger partial charge on any atom is 0.347 e. The van der Waals surface area contributed by atoms with Crippen molar-refractivity contribution in [2.24, 2.45) is 0 Å². The summed E-state index contributed by atoms with van der Waals surface area (Å²) in [5.41, 5.74) is 1.65. The Balaban J connectivity index is 2.20. The number of hydrogen-bond donors (Lipinski definition) is 1. The molecule has 0 unspecified atom stereocenters. The van der Waals surface area contributed by atoms with Crippen LogP contribution in [0.3, 0.4) is 0 Å². The van der Waals surface area contributed by atoms with Crippen LogP contribution in [0.4, 0.5) is 0 Å². The minimum absolute atomic E-state index is 0.183. The maximum atomic E-state index is 11.8. The molecule has 0 atom stereocenters. The molecule has 1 heterocycles. The molecule has 0 saturated heterocycles. The summed E-state index contributed by atoms with van der Waals surface area (Å²) < 4.78 is 1.66. The first kappa shape index (κ1) is 10.6. The van der Waals surface area contributed by atoms with Crippen molar-refractivity contribution in [1.29, 1.82) is 0 Å². The first-order valence-electron chi connectivity index (χ1n) is 5.60. The van der Waals surface area contributed by atoms with Crippen molar-refractivity contribution in [3.63, 3.8) is 0 Å². The van der Waals surface area contributed by atoms with Gasteiger partial charge in [-0.3, -0.25) is 0 Å². The fraction of sp³-hybridized carbons (Fsp3) is 0.333. The maximum absolute atomic E-state index is 11.8. The molecule has 1 fully saturated rings. The number of aromatic nitrogens is 3. The molecule has 3 rings (SSSR count). The lowest BCUT2D eigenvalue weighted by Crippen LogP contribution is -2.17. The molecule has 0 radical (unpaired) electrons. The second-order valence-corrected chi connectivity index (χ2v) is 4.86. The van der Waals surface area contributed by atoms with E-state index >= 15 is 0 Å². The van der Waals surface area contributed by atoms with Crippen molar-refractivity contribution in [1.82, 2.24) is 14.8 Å². The van der Waals surface area contributed by atoms with Crippen LogP contribution < -0.4 is 5.69 Å². The minimum Gasteiger partial charge on any atom is -0.247 e. The molecular weight excluding hydrogens is 238 g/mol. The van der Waals surface area contributed by atoms with E-state index in [0.717, 1.165) is 29.9 Å². The molecule has 1 N–H and O–H groups in total. The lowest BCUT2D eigenvalue weighted by atomic mass is 10.2. The van der Waals surface area contributed by atoms with Crippen molar-refractivity contribution in [2.45, 2.75) is 25.7 Å². The highest BCUT2D eigenvalue weighted by Crippen LogP contribution is 2.39. The van der Waals surface area contributed by atoms with Gasteiger partial charge in [-0.05, 0) is 43.5 Å². The molecule has 1 aromatic carbocycles. The van der Waals surface area contributed by atoms with Crippen molar-refractivity contribution >= 4 is 11.6 Å². The van der Waals surface area contributed by atoms with Crippen molar-refractivity contribution in [3.8, 4) is 5.69 Å². The van der Waals surface area contributed by atoms with E-state index in [2.05, 4.69) is 10.2 Å². The quantitative estimate of drug-likeness (QED) is 0.889. The van der Waals surface area contributed by atoms with Crippen LogP contribution >= 0.6 is 11.6 Å². The van der Waals surface area contributed by atoms with E-state index in [1.165, 1.54) is 0 Å². The molecule has 0 spiro atoms. The summed E-state index contributed by atoms with van der Waals surface area (Å²) in [7, 11) is 0. The normalized spacial score (nSPS) is 15.2. The largest absolute Gasteiger partial charge is 0.347 e. The molecule has 2 aromatic rings. The van der Waals surface area contributed by atoms with E-state index in [9.17, 15) is 4.79 Å². The van der Waals surface area contributed by atoms with Gasteiger partial charge in [-0.15, -0.1) is 0 Å². The summed E-state index contributed by atoms with van der Waals surface area (Å²) in [5.74, 6) is 1.25. The molecule has 88 valence electrons. The summed E-state index contributed by atoms with van der Waals surface area (Å²) in [4.78, 5) is 11.8. The predicted octanol–water partition coefficient (Wildman–Crippen LogP) is 2.40. The standard InChI is InChI=1S/C12H12ClN3O/c1-7-6-9(13)4-5-10(7)16-11(8-2-3-8)14-15-12(16)17/h4-6,8H,2-3H2,1H3,(H,15,17). The molecule has 0 aliphatic heterocycles. The van der Waals surface area contributed by atoms with Crippen LogP contribution in [0.15, 0.2) is 23.0 Å². The Hall–Kier alpha value is -1.55. The van der Waals surface area contributed by atoms with Crippen molar-refractivity contribution in [2.75, 3.05) is 0 Å². The van der Waals surface area contributed by atoms with Crippen molar-refractivity contribution < 1.29 is 0 Å². The summed E-state index contributed by atoms with van der Waals surface area (Å²) in [5, 5.41) is 7.31. The van der Waals surface area contributed by atoms with Crippen LogP contribution in [0.1, 0.15) is 30.1 Å². The lowest BCUT2D eigenvalue weighted by molar-refractivity contribution is 0.857. The van der Waals surface area contributed by atoms with Crippen LogP contribution in [0, 0.1) is 6.92 Å². The molecule has 1 aliphatic rings. The number of benzene rings is 1. The van der Waals surface area contributed by atoms with E-state index in [1.807, 2.05) is 19.1 Å². The van der Waals surface area contributed by atoms with Gasteiger partial charge in [-0.25, -0.2) is 14.5 Å². The summed E-state index contributed by atoms with van der Waals surface area (Å²) in [6.45, 7) is 1.94. The summed E-state index contributed by atoms with van der Waals surface area (Å²) in [6, 6.07) is 5.51. The van der Waals surface area contributed by atoms with Gasteiger partial charge in [0.25, 0.3) is 0 Å². The Kier molecular flexibility index (Phi) is 2.33. The van der Waals surface area contributed by atoms with Crippen LogP contribution in [-0.2, 0) is 0 Å². The number of halogens is 1. The zero-order valence-corrected chi connectivity index (χ0v) is 10.2. The number of nitrogens with one attached hydrogen (secondary N) is 1. The Morgan fingerprint density at radius 1 is 1.47 bits per heavy atom. The minimum atomic E-state index is -0.183. The number of aryl methyl sites for hydroxylation is 1. The molecule has 1 aromatic heterocycles. The second kappa shape index (κ2) is 3.74. The molecule has 0 amide bonds. The van der Waals surface area contributed by atoms with Gasteiger partial charge in [-0.2, -0.15) is 5.10 Å². The van der Waals surface area contributed by atoms with Gasteiger partial charge in [0.2, 0.25) is 0 Å². The Morgan fingerprint density at radius 3 is 2.88 bits per heavy atom. The average molecular weight is 250 g/mol. The van der Waals surface area contributed by atoms with Gasteiger partial charge in [-0.1, -0.05) is 11.6 Å². The first-order chi connectivity index (χ1) is 8.16. The van der Waals surface area contributed by atoms with E-state index in [0.29, 0.717) is 10.9 Å². The van der Waals surface area contributed by atoms with Gasteiger partial charge in [0.1, 0.15) is 5.82 Å². The van der Waals surface area contributed by atoms with Gasteiger partial charge in [0.15, 0.2) is 0 Å². The number of hydrogen-bond acceptors (Lipinski definition) is 2. The molecule has 0 bridgehead atoms. The van der Waals surface area contributed by atoms with Crippen molar-refractivity contribution in [3.05, 3.63) is 45.1 Å². The number of H-pyrrole nitrogens is 1. The Morgan fingerprint density at radius 2 is 2.24 bits per heavy atom. The van der Waals surface area contributed by atoms with Crippen LogP contribution in [-0.4, -0.2) is 14.8 Å². The smallest absolute Gasteiger partial charge is 0.247 e. The SMILES string of the molecule is Cc1cc(Cl)ccc1-n1c(C2CC2)n[nH]c1=O. The van der Waals surface area contributed by atoms with E-state index < -0.39 is 0 Å².